The van der Waals surface area contributed by atoms with E-state index < -0.39 is 32.6 Å². The number of nitro groups is 1. The quantitative estimate of drug-likeness (QED) is 0.626. The molecule has 2 rings (SSSR count). The molecule has 0 amide bonds. The van der Waals surface area contributed by atoms with Crippen LogP contribution in [0.1, 0.15) is 12.8 Å². The molecule has 1 atom stereocenters. The lowest BCUT2D eigenvalue weighted by Gasteiger charge is -2.20. The van der Waals surface area contributed by atoms with Crippen LogP contribution >= 0.6 is 0 Å². The van der Waals surface area contributed by atoms with Gasteiger partial charge in [0, 0.05) is 12.6 Å². The summed E-state index contributed by atoms with van der Waals surface area (Å²) in [5.41, 5.74) is -0.491. The molecule has 0 spiro atoms. The number of ether oxygens (including phenoxy) is 1. The van der Waals surface area contributed by atoms with Crippen LogP contribution in [-0.2, 0) is 14.8 Å². The number of nitrogens with zero attached hydrogens (tertiary/aromatic N) is 2. The minimum atomic E-state index is -4.12. The third-order valence-corrected chi connectivity index (χ3v) is 5.35. The zero-order chi connectivity index (χ0) is 16.5. The van der Waals surface area contributed by atoms with Gasteiger partial charge in [-0.15, -0.1) is 0 Å². The van der Waals surface area contributed by atoms with E-state index in [1.54, 1.807) is 0 Å². The van der Waals surface area contributed by atoms with Crippen molar-refractivity contribution in [2.24, 2.45) is 0 Å². The molecule has 0 bridgehead atoms. The number of benzene rings is 1. The molecule has 1 aliphatic heterocycles. The fourth-order valence-corrected chi connectivity index (χ4v) is 4.05. The van der Waals surface area contributed by atoms with Crippen molar-refractivity contribution in [1.82, 2.24) is 4.31 Å². The van der Waals surface area contributed by atoms with Gasteiger partial charge >= 0.3 is 11.7 Å². The van der Waals surface area contributed by atoms with E-state index in [2.05, 4.69) is 0 Å². The van der Waals surface area contributed by atoms with Gasteiger partial charge in [-0.2, -0.15) is 4.31 Å². The highest BCUT2D eigenvalue weighted by atomic mass is 32.2. The lowest BCUT2D eigenvalue weighted by Crippen LogP contribution is -2.40. The first kappa shape index (κ1) is 16.2. The zero-order valence-electron chi connectivity index (χ0n) is 11.6. The van der Waals surface area contributed by atoms with Gasteiger partial charge in [0.2, 0.25) is 10.0 Å². The van der Waals surface area contributed by atoms with Crippen molar-refractivity contribution in [2.45, 2.75) is 23.8 Å². The molecular weight excluding hydrogens is 316 g/mol. The Morgan fingerprint density at radius 3 is 2.73 bits per heavy atom. The topological polar surface area (TPSA) is 127 Å². The zero-order valence-corrected chi connectivity index (χ0v) is 12.4. The maximum absolute atomic E-state index is 12.5. The molecule has 1 heterocycles. The molecule has 10 heteroatoms. The molecule has 1 aromatic carbocycles. The Kier molecular flexibility index (Phi) is 4.33. The van der Waals surface area contributed by atoms with Crippen LogP contribution in [0.4, 0.5) is 5.69 Å². The van der Waals surface area contributed by atoms with E-state index >= 15 is 0 Å². The highest BCUT2D eigenvalue weighted by molar-refractivity contribution is 7.89. The maximum atomic E-state index is 12.5. The molecule has 0 radical (unpaired) electrons. The Morgan fingerprint density at radius 2 is 2.18 bits per heavy atom. The van der Waals surface area contributed by atoms with Crippen molar-refractivity contribution in [3.05, 3.63) is 28.3 Å². The van der Waals surface area contributed by atoms with Crippen LogP contribution in [0.25, 0.3) is 0 Å². The second kappa shape index (κ2) is 5.89. The van der Waals surface area contributed by atoms with Gasteiger partial charge in [0.15, 0.2) is 5.75 Å². The first-order chi connectivity index (χ1) is 10.3. The van der Waals surface area contributed by atoms with Gasteiger partial charge in [-0.1, -0.05) is 0 Å². The van der Waals surface area contributed by atoms with E-state index in [0.717, 1.165) is 10.4 Å². The summed E-state index contributed by atoms with van der Waals surface area (Å²) in [4.78, 5) is 21.0. The fraction of sp³-hybridized carbons (Fsp3) is 0.417. The molecule has 1 N–H and O–H groups in total. The number of hydrogen-bond acceptors (Lipinski definition) is 6. The number of methoxy groups -OCH3 is 1. The van der Waals surface area contributed by atoms with Crippen molar-refractivity contribution < 1.29 is 28.0 Å². The summed E-state index contributed by atoms with van der Waals surface area (Å²) in [5.74, 6) is -1.30. The molecule has 1 saturated heterocycles. The number of sulfonamides is 1. The van der Waals surface area contributed by atoms with Gasteiger partial charge in [-0.3, -0.25) is 14.9 Å². The van der Waals surface area contributed by atoms with Gasteiger partial charge in [-0.05, 0) is 25.0 Å². The van der Waals surface area contributed by atoms with Crippen LogP contribution in [-0.4, -0.2) is 48.4 Å². The van der Waals surface area contributed by atoms with Crippen LogP contribution in [0, 0.1) is 10.1 Å². The molecule has 0 unspecified atom stereocenters. The summed E-state index contributed by atoms with van der Waals surface area (Å²) < 4.78 is 30.7. The van der Waals surface area contributed by atoms with Gasteiger partial charge in [-0.25, -0.2) is 8.42 Å². The highest BCUT2D eigenvalue weighted by Gasteiger charge is 2.40. The molecule has 0 aliphatic carbocycles. The molecule has 22 heavy (non-hydrogen) atoms. The van der Waals surface area contributed by atoms with Crippen LogP contribution in [0.3, 0.4) is 0 Å². The fourth-order valence-electron chi connectivity index (χ4n) is 2.38. The van der Waals surface area contributed by atoms with Gasteiger partial charge in [0.25, 0.3) is 0 Å². The van der Waals surface area contributed by atoms with E-state index in [-0.39, 0.29) is 23.6 Å². The standard InChI is InChI=1S/C12H14N2O7S/c1-21-11-5-4-8(7-10(11)14(17)18)22(19,20)13-6-2-3-9(13)12(15)16/h4-5,7,9H,2-3,6H2,1H3,(H,15,16)/t9-/m0/s1. The number of hydrogen-bond donors (Lipinski definition) is 1. The monoisotopic (exact) mass is 330 g/mol. The van der Waals surface area contributed by atoms with Crippen molar-refractivity contribution >= 4 is 21.7 Å². The van der Waals surface area contributed by atoms with Crippen LogP contribution in [0.2, 0.25) is 0 Å². The number of carboxylic acid groups (broad SMARTS) is 1. The Morgan fingerprint density at radius 1 is 1.50 bits per heavy atom. The SMILES string of the molecule is COc1ccc(S(=O)(=O)N2CCC[C@H]2C(=O)O)cc1[N+](=O)[O-]. The lowest BCUT2D eigenvalue weighted by atomic mass is 10.2. The Hall–Kier alpha value is -2.20. The lowest BCUT2D eigenvalue weighted by molar-refractivity contribution is -0.386. The molecule has 1 aromatic rings. The van der Waals surface area contributed by atoms with E-state index in [1.807, 2.05) is 0 Å². The van der Waals surface area contributed by atoms with Crippen molar-refractivity contribution in [3.63, 3.8) is 0 Å². The van der Waals surface area contributed by atoms with Gasteiger partial charge < -0.3 is 9.84 Å². The summed E-state index contributed by atoms with van der Waals surface area (Å²) in [6.07, 6.45) is 0.640. The summed E-state index contributed by atoms with van der Waals surface area (Å²) in [6, 6.07) is 2.08. The highest BCUT2D eigenvalue weighted by Crippen LogP contribution is 2.32. The molecule has 0 saturated carbocycles. The van der Waals surface area contributed by atoms with Crippen molar-refractivity contribution in [1.29, 1.82) is 0 Å². The Balaban J connectivity index is 2.48. The maximum Gasteiger partial charge on any atom is 0.322 e. The summed E-state index contributed by atoms with van der Waals surface area (Å²) in [5, 5.41) is 20.1. The number of carboxylic acids is 1. The van der Waals surface area contributed by atoms with E-state index in [4.69, 9.17) is 9.84 Å². The third-order valence-electron chi connectivity index (χ3n) is 3.44. The van der Waals surface area contributed by atoms with E-state index in [9.17, 15) is 23.3 Å². The van der Waals surface area contributed by atoms with Gasteiger partial charge in [0.05, 0.1) is 16.9 Å². The number of aliphatic carboxylic acids is 1. The van der Waals surface area contributed by atoms with Crippen LogP contribution in [0.15, 0.2) is 23.1 Å². The predicted octanol–water partition coefficient (Wildman–Crippen LogP) is 0.841. The first-order valence-corrected chi connectivity index (χ1v) is 7.80. The first-order valence-electron chi connectivity index (χ1n) is 6.36. The molecule has 1 fully saturated rings. The van der Waals surface area contributed by atoms with Crippen LogP contribution < -0.4 is 4.74 Å². The molecule has 120 valence electrons. The van der Waals surface area contributed by atoms with E-state index in [0.29, 0.717) is 6.42 Å². The van der Waals surface area contributed by atoms with E-state index in [1.165, 1.54) is 19.2 Å². The number of nitro benzene ring substituents is 1. The normalized spacial score (nSPS) is 19.0. The largest absolute Gasteiger partial charge is 0.490 e. The summed E-state index contributed by atoms with van der Waals surface area (Å²) in [7, 11) is -2.89. The number of carbonyl (C=O) groups is 1. The summed E-state index contributed by atoms with van der Waals surface area (Å²) >= 11 is 0. The minimum absolute atomic E-state index is 0.0686. The third kappa shape index (κ3) is 2.74. The van der Waals surface area contributed by atoms with Crippen molar-refractivity contribution in [2.75, 3.05) is 13.7 Å². The molecular formula is C12H14N2O7S. The second-order valence-electron chi connectivity index (χ2n) is 4.70. The van der Waals surface area contributed by atoms with Crippen molar-refractivity contribution in [3.8, 4) is 5.75 Å². The second-order valence-corrected chi connectivity index (χ2v) is 6.59. The smallest absolute Gasteiger partial charge is 0.322 e. The Bertz CT molecular complexity index is 716. The molecule has 9 nitrogen and oxygen atoms in total. The molecule has 1 aliphatic rings. The van der Waals surface area contributed by atoms with Crippen LogP contribution in [0.5, 0.6) is 5.75 Å². The van der Waals surface area contributed by atoms with Gasteiger partial charge in [0.1, 0.15) is 6.04 Å². The summed E-state index contributed by atoms with van der Waals surface area (Å²) in [6.45, 7) is 0.0686. The predicted molar refractivity (Wildman–Crippen MR) is 74.2 cm³/mol. The molecule has 0 aromatic heterocycles. The average molecular weight is 330 g/mol. The Labute approximate surface area is 126 Å². The minimum Gasteiger partial charge on any atom is -0.490 e. The number of rotatable bonds is 5. The average Bonchev–Trinajstić information content (AvgIpc) is 2.96.